The minimum atomic E-state index is -4.64. The molecule has 0 saturated carbocycles. The lowest BCUT2D eigenvalue weighted by atomic mass is 10.0. The first-order valence-corrected chi connectivity index (χ1v) is 14.9. The van der Waals surface area contributed by atoms with E-state index in [1.807, 2.05) is 0 Å². The van der Waals surface area contributed by atoms with Gasteiger partial charge >= 0.3 is 7.82 Å². The van der Waals surface area contributed by atoms with Crippen molar-refractivity contribution in [1.82, 2.24) is 0 Å². The number of carbonyl (C=O) groups is 2. The number of Topliss-reactive ketones (excluding diaryl/α,β-unsaturated/α-hetero) is 1. The molecule has 0 aromatic carbocycles. The quantitative estimate of drug-likeness (QED) is 0.0580. The van der Waals surface area contributed by atoms with Gasteiger partial charge in [-0.2, -0.15) is 0 Å². The molecule has 0 aromatic heterocycles. The number of carbonyl (C=O) groups excluding carboxylic acids is 2. The Morgan fingerprint density at radius 3 is 1.30 bits per heavy atom. The predicted molar refractivity (Wildman–Crippen MR) is 142 cm³/mol. The molecule has 0 radical (unpaired) electrons. The smallest absolute Gasteiger partial charge is 0.394 e. The van der Waals surface area contributed by atoms with Crippen molar-refractivity contribution in [2.24, 2.45) is 0 Å². The summed E-state index contributed by atoms with van der Waals surface area (Å²) in [6, 6.07) is 0. The van der Waals surface area contributed by atoms with Gasteiger partial charge in [-0.05, 0) is 13.3 Å². The molecule has 0 heterocycles. The van der Waals surface area contributed by atoms with E-state index in [2.05, 4.69) is 6.92 Å². The Morgan fingerprint density at radius 2 is 1.03 bits per heavy atom. The third-order valence-electron chi connectivity index (χ3n) is 5.55. The molecule has 0 aromatic rings. The highest BCUT2D eigenvalue weighted by atomic mass is 31.2. The Kier molecular flexibility index (Phi) is 31.1. The van der Waals surface area contributed by atoms with Gasteiger partial charge < -0.3 is 49.8 Å². The number of aliphatic hydroxyl groups excluding tert-OH is 5. The van der Waals surface area contributed by atoms with Crippen LogP contribution in [0, 0.1) is 0 Å². The molecular formula is C25H53O11P. The van der Waals surface area contributed by atoms with E-state index in [-0.39, 0.29) is 6.29 Å². The second-order valence-electron chi connectivity index (χ2n) is 9.27. The normalized spacial score (nSPS) is 14.3. The standard InChI is InChI=1S/C19H38O.C6H12O6.H3O4P/c1-3-4-5-6-7-8-9-10-11-12-13-14-15-16-17-18-19(2)20;7-1-3(9)5(11)6(12)4(10)2-8;1-5(2,3)4/h3-18H2,1-2H3;1,3-6,8-12H,2H2;(H3,1,2,3,4). The maximum absolute atomic E-state index is 10.8. The third kappa shape index (κ3) is 37.5. The van der Waals surface area contributed by atoms with Gasteiger partial charge in [-0.25, -0.2) is 4.57 Å². The predicted octanol–water partition coefficient (Wildman–Crippen LogP) is 2.53. The summed E-state index contributed by atoms with van der Waals surface area (Å²) in [6.07, 6.45) is 14.7. The molecule has 8 N–H and O–H groups in total. The number of hydrogen-bond acceptors (Lipinski definition) is 8. The van der Waals surface area contributed by atoms with E-state index in [1.165, 1.54) is 89.9 Å². The average molecular weight is 561 g/mol. The minimum Gasteiger partial charge on any atom is -0.394 e. The zero-order valence-electron chi connectivity index (χ0n) is 22.7. The molecule has 0 saturated heterocycles. The number of aliphatic hydroxyl groups is 5. The van der Waals surface area contributed by atoms with Gasteiger partial charge in [0.1, 0.15) is 30.2 Å². The minimum absolute atomic E-state index is 0.0258. The molecular weight excluding hydrogens is 507 g/mol. The Hall–Kier alpha value is -0.750. The molecule has 0 fully saturated rings. The zero-order chi connectivity index (χ0) is 29.1. The molecule has 0 aliphatic carbocycles. The van der Waals surface area contributed by atoms with Crippen molar-refractivity contribution >= 4 is 19.9 Å². The van der Waals surface area contributed by atoms with Crippen molar-refractivity contribution in [3.63, 3.8) is 0 Å². The summed E-state index contributed by atoms with van der Waals surface area (Å²) >= 11 is 0. The first kappa shape index (κ1) is 40.7. The summed E-state index contributed by atoms with van der Waals surface area (Å²) in [7, 11) is -4.64. The molecule has 0 aliphatic heterocycles. The van der Waals surface area contributed by atoms with Crippen LogP contribution in [0.3, 0.4) is 0 Å². The maximum Gasteiger partial charge on any atom is 0.466 e. The lowest BCUT2D eigenvalue weighted by molar-refractivity contribution is -0.136. The van der Waals surface area contributed by atoms with Crippen molar-refractivity contribution in [3.8, 4) is 0 Å². The molecule has 12 heteroatoms. The number of ketones is 1. The van der Waals surface area contributed by atoms with Gasteiger partial charge in [-0.15, -0.1) is 0 Å². The fourth-order valence-corrected chi connectivity index (χ4v) is 3.36. The van der Waals surface area contributed by atoms with E-state index in [0.717, 1.165) is 12.8 Å². The van der Waals surface area contributed by atoms with E-state index in [4.69, 9.17) is 44.8 Å². The van der Waals surface area contributed by atoms with Crippen LogP contribution < -0.4 is 0 Å². The van der Waals surface area contributed by atoms with E-state index >= 15 is 0 Å². The van der Waals surface area contributed by atoms with E-state index in [9.17, 15) is 9.59 Å². The van der Waals surface area contributed by atoms with E-state index in [0.29, 0.717) is 5.78 Å². The van der Waals surface area contributed by atoms with Gasteiger partial charge in [0.15, 0.2) is 6.29 Å². The number of aldehydes is 1. The van der Waals surface area contributed by atoms with Crippen LogP contribution in [0.5, 0.6) is 0 Å². The zero-order valence-corrected chi connectivity index (χ0v) is 23.6. The van der Waals surface area contributed by atoms with Crippen molar-refractivity contribution in [1.29, 1.82) is 0 Å². The Labute approximate surface area is 222 Å². The monoisotopic (exact) mass is 560 g/mol. The van der Waals surface area contributed by atoms with Gasteiger partial charge in [0.05, 0.1) is 6.61 Å². The number of unbranched alkanes of at least 4 members (excludes halogenated alkanes) is 14. The third-order valence-corrected chi connectivity index (χ3v) is 5.55. The second-order valence-corrected chi connectivity index (χ2v) is 10.3. The number of hydrogen-bond donors (Lipinski definition) is 8. The molecule has 0 aliphatic rings. The molecule has 4 unspecified atom stereocenters. The summed E-state index contributed by atoms with van der Waals surface area (Å²) in [6.45, 7) is 3.22. The maximum atomic E-state index is 10.8. The molecule has 37 heavy (non-hydrogen) atoms. The first-order chi connectivity index (χ1) is 17.3. The van der Waals surface area contributed by atoms with Gasteiger partial charge in [0.2, 0.25) is 0 Å². The molecule has 11 nitrogen and oxygen atoms in total. The Bertz CT molecular complexity index is 548. The SMILES string of the molecule is CCCCCCCCCCCCCCCCCC(C)=O.O=CC(O)C(O)C(O)C(O)CO.O=P(O)(O)O. The molecule has 224 valence electrons. The molecule has 4 atom stereocenters. The number of rotatable bonds is 21. The highest BCUT2D eigenvalue weighted by molar-refractivity contribution is 7.45. The fourth-order valence-electron chi connectivity index (χ4n) is 3.36. The average Bonchev–Trinajstić information content (AvgIpc) is 2.83. The molecule has 0 rings (SSSR count). The highest BCUT2D eigenvalue weighted by Gasteiger charge is 2.29. The first-order valence-electron chi connectivity index (χ1n) is 13.4. The summed E-state index contributed by atoms with van der Waals surface area (Å²) in [5, 5.41) is 43.5. The second kappa shape index (κ2) is 28.3. The molecule has 0 spiro atoms. The van der Waals surface area contributed by atoms with Crippen LogP contribution in [0.2, 0.25) is 0 Å². The van der Waals surface area contributed by atoms with Crippen LogP contribution >= 0.6 is 7.82 Å². The topological polar surface area (TPSA) is 213 Å². The van der Waals surface area contributed by atoms with Crippen LogP contribution in [0.1, 0.15) is 117 Å². The van der Waals surface area contributed by atoms with Crippen molar-refractivity contribution in [3.05, 3.63) is 0 Å². The van der Waals surface area contributed by atoms with Gasteiger partial charge in [-0.1, -0.05) is 96.8 Å². The highest BCUT2D eigenvalue weighted by Crippen LogP contribution is 2.25. The van der Waals surface area contributed by atoms with Crippen molar-refractivity contribution in [2.45, 2.75) is 141 Å². The summed E-state index contributed by atoms with van der Waals surface area (Å²) < 4.78 is 8.88. The Balaban J connectivity index is -0.000000572. The van der Waals surface area contributed by atoms with Crippen LogP contribution in [-0.4, -0.2) is 83.3 Å². The van der Waals surface area contributed by atoms with Gasteiger partial charge in [0.25, 0.3) is 0 Å². The summed E-state index contributed by atoms with van der Waals surface area (Å²) in [5.41, 5.74) is 0. The van der Waals surface area contributed by atoms with E-state index < -0.39 is 38.8 Å². The van der Waals surface area contributed by atoms with Crippen LogP contribution in [-0.2, 0) is 14.2 Å². The lowest BCUT2D eigenvalue weighted by Gasteiger charge is -2.22. The summed E-state index contributed by atoms with van der Waals surface area (Å²) in [4.78, 5) is 42.2. The molecule has 0 amide bonds. The van der Waals surface area contributed by atoms with Crippen LogP contribution in [0.25, 0.3) is 0 Å². The Morgan fingerprint density at radius 1 is 0.703 bits per heavy atom. The van der Waals surface area contributed by atoms with Crippen molar-refractivity contribution in [2.75, 3.05) is 6.61 Å². The molecule has 0 bridgehead atoms. The van der Waals surface area contributed by atoms with E-state index in [1.54, 1.807) is 6.92 Å². The lowest BCUT2D eigenvalue weighted by Crippen LogP contribution is -2.46. The van der Waals surface area contributed by atoms with Crippen molar-refractivity contribution < 1.29 is 54.4 Å². The number of phosphoric acid groups is 1. The fraction of sp³-hybridized carbons (Fsp3) is 0.920. The van der Waals surface area contributed by atoms with Crippen LogP contribution in [0.4, 0.5) is 0 Å². The van der Waals surface area contributed by atoms with Gasteiger partial charge in [-0.3, -0.25) is 0 Å². The van der Waals surface area contributed by atoms with Gasteiger partial charge in [0, 0.05) is 6.42 Å². The summed E-state index contributed by atoms with van der Waals surface area (Å²) in [5.74, 6) is 0.347. The largest absolute Gasteiger partial charge is 0.466 e. The van der Waals surface area contributed by atoms with Crippen LogP contribution in [0.15, 0.2) is 0 Å².